The van der Waals surface area contributed by atoms with E-state index in [9.17, 15) is 18.1 Å². The van der Waals surface area contributed by atoms with Crippen LogP contribution in [0.2, 0.25) is 0 Å². The summed E-state index contributed by atoms with van der Waals surface area (Å²) in [5.41, 5.74) is -1.88. The standard InChI is InChI=1S/C33H30F3N4O9PS/c1-21(51-26-15-46-31(47-16-26)5-3-2-4-23-7-6-22(12-37)10-29(23)35)33(18-40-20-38-19-39-40,28-9-8-25(34)11-30(28)36)49-32(41)27-17-45-13-24(27)14-48-50(42,43)44/h2-11,13,17,19-21,26,31H,14-16,18H2,1H3,(H2,42,43,44)/b4-2+,5-3+/t21-,26-,31-,33-/m1/s1. The zero-order chi connectivity index (χ0) is 36.6. The largest absolute Gasteiger partial charge is 0.471 e. The second-order valence-corrected chi connectivity index (χ2v) is 14.0. The number of halogens is 3. The summed E-state index contributed by atoms with van der Waals surface area (Å²) in [7, 11) is -4.92. The molecule has 3 heterocycles. The molecule has 4 aromatic rings. The molecule has 1 aliphatic heterocycles. The van der Waals surface area contributed by atoms with Gasteiger partial charge in [0.05, 0.1) is 49.5 Å². The van der Waals surface area contributed by atoms with Crippen molar-refractivity contribution in [3.05, 3.63) is 125 Å². The van der Waals surface area contributed by atoms with E-state index in [1.54, 1.807) is 25.2 Å². The number of nitriles is 1. The Labute approximate surface area is 293 Å². The lowest BCUT2D eigenvalue weighted by Gasteiger charge is -2.40. The first kappa shape index (κ1) is 37.7. The SMILES string of the molecule is C[C@@H](S[C@H]1CO[C@H](/C=C/C=C/c2ccc(C#N)cc2F)OC1)[C@@](Cn1cncn1)(OC(=O)c1cocc1COP(=O)(O)O)c1ccc(F)cc1F. The summed E-state index contributed by atoms with van der Waals surface area (Å²) in [6.45, 7) is 0.994. The summed E-state index contributed by atoms with van der Waals surface area (Å²) in [5, 5.41) is 11.8. The number of phosphoric acid groups is 1. The number of aromatic nitrogens is 3. The zero-order valence-electron chi connectivity index (χ0n) is 26.7. The molecular weight excluding hydrogens is 716 g/mol. The average Bonchev–Trinajstić information content (AvgIpc) is 3.79. The maximum Gasteiger partial charge on any atom is 0.469 e. The van der Waals surface area contributed by atoms with Gasteiger partial charge in [0.25, 0.3) is 0 Å². The maximum absolute atomic E-state index is 15.7. The molecule has 1 fully saturated rings. The van der Waals surface area contributed by atoms with Crippen LogP contribution in [0.25, 0.3) is 6.08 Å². The lowest BCUT2D eigenvalue weighted by atomic mass is 9.89. The van der Waals surface area contributed by atoms with Crippen LogP contribution in [-0.2, 0) is 42.1 Å². The summed E-state index contributed by atoms with van der Waals surface area (Å²) >= 11 is 1.24. The van der Waals surface area contributed by atoms with Crippen molar-refractivity contribution in [2.45, 2.75) is 42.5 Å². The minimum Gasteiger partial charge on any atom is -0.471 e. The number of hydrogen-bond donors (Lipinski definition) is 2. The Balaban J connectivity index is 1.35. The first-order chi connectivity index (χ1) is 24.4. The highest BCUT2D eigenvalue weighted by Crippen LogP contribution is 2.43. The zero-order valence-corrected chi connectivity index (χ0v) is 28.4. The third kappa shape index (κ3) is 9.83. The van der Waals surface area contributed by atoms with Gasteiger partial charge in [0.15, 0.2) is 11.9 Å². The van der Waals surface area contributed by atoms with Crippen LogP contribution in [0.4, 0.5) is 13.2 Å². The molecule has 0 spiro atoms. The predicted molar refractivity (Wildman–Crippen MR) is 175 cm³/mol. The lowest BCUT2D eigenvalue weighted by molar-refractivity contribution is -0.146. The number of benzene rings is 2. The Morgan fingerprint density at radius 2 is 1.96 bits per heavy atom. The number of furan rings is 1. The molecule has 0 amide bonds. The van der Waals surface area contributed by atoms with Crippen molar-refractivity contribution in [1.82, 2.24) is 14.8 Å². The van der Waals surface area contributed by atoms with Crippen molar-refractivity contribution < 1.29 is 55.5 Å². The van der Waals surface area contributed by atoms with Crippen molar-refractivity contribution in [3.63, 3.8) is 0 Å². The van der Waals surface area contributed by atoms with Crippen molar-refractivity contribution in [2.75, 3.05) is 13.2 Å². The summed E-state index contributed by atoms with van der Waals surface area (Å²) in [4.78, 5) is 36.0. The molecule has 0 radical (unpaired) electrons. The fraction of sp³-hybridized carbons (Fsp3) is 0.273. The van der Waals surface area contributed by atoms with Crippen LogP contribution < -0.4 is 0 Å². The van der Waals surface area contributed by atoms with Crippen LogP contribution in [0, 0.1) is 28.8 Å². The molecule has 0 aliphatic carbocycles. The molecule has 51 heavy (non-hydrogen) atoms. The molecule has 1 aliphatic rings. The number of rotatable bonds is 14. The van der Waals surface area contributed by atoms with Crippen LogP contribution in [0.3, 0.4) is 0 Å². The van der Waals surface area contributed by atoms with Crippen molar-refractivity contribution in [1.29, 1.82) is 5.26 Å². The number of hydrogen-bond acceptors (Lipinski definition) is 11. The fourth-order valence-corrected chi connectivity index (χ4v) is 6.78. The van der Waals surface area contributed by atoms with E-state index >= 15 is 4.39 Å². The molecule has 1 saturated heterocycles. The van der Waals surface area contributed by atoms with Gasteiger partial charge in [-0.15, -0.1) is 11.8 Å². The lowest BCUT2D eigenvalue weighted by Crippen LogP contribution is -2.47. The van der Waals surface area contributed by atoms with Gasteiger partial charge in [-0.25, -0.2) is 32.2 Å². The maximum atomic E-state index is 15.7. The monoisotopic (exact) mass is 746 g/mol. The summed E-state index contributed by atoms with van der Waals surface area (Å²) in [6, 6.07) is 8.84. The van der Waals surface area contributed by atoms with Crippen LogP contribution in [0.5, 0.6) is 0 Å². The van der Waals surface area contributed by atoms with Gasteiger partial charge < -0.3 is 28.4 Å². The van der Waals surface area contributed by atoms with Gasteiger partial charge in [0.1, 0.15) is 41.9 Å². The van der Waals surface area contributed by atoms with Crippen molar-refractivity contribution in [3.8, 4) is 6.07 Å². The van der Waals surface area contributed by atoms with E-state index < -0.39 is 55.0 Å². The topological polar surface area (TPSA) is 179 Å². The average molecular weight is 747 g/mol. The molecule has 2 aromatic carbocycles. The number of phosphoric ester groups is 1. The Bertz CT molecular complexity index is 1970. The molecule has 0 bridgehead atoms. The molecule has 2 N–H and O–H groups in total. The summed E-state index contributed by atoms with van der Waals surface area (Å²) in [6.07, 6.45) is 10.2. The molecule has 2 atom stereocenters. The summed E-state index contributed by atoms with van der Waals surface area (Å²) in [5.74, 6) is -3.47. The van der Waals surface area contributed by atoms with E-state index in [-0.39, 0.29) is 47.3 Å². The van der Waals surface area contributed by atoms with Gasteiger partial charge in [-0.2, -0.15) is 10.4 Å². The highest BCUT2D eigenvalue weighted by Gasteiger charge is 2.47. The molecule has 18 heteroatoms. The summed E-state index contributed by atoms with van der Waals surface area (Å²) < 4.78 is 84.0. The number of allylic oxidation sites excluding steroid dienone is 2. The molecule has 5 rings (SSSR count). The van der Waals surface area contributed by atoms with E-state index in [2.05, 4.69) is 14.6 Å². The van der Waals surface area contributed by atoms with E-state index in [1.807, 2.05) is 6.07 Å². The first-order valence-corrected chi connectivity index (χ1v) is 17.5. The van der Waals surface area contributed by atoms with Crippen LogP contribution >= 0.6 is 19.6 Å². The normalized spacial score (nSPS) is 18.5. The minimum atomic E-state index is -4.92. The molecule has 268 valence electrons. The van der Waals surface area contributed by atoms with Gasteiger partial charge in [0, 0.05) is 28.0 Å². The molecule has 0 unspecified atom stereocenters. The third-order valence-electron chi connectivity index (χ3n) is 7.61. The highest BCUT2D eigenvalue weighted by atomic mass is 32.2. The molecular formula is C33H30F3N4O9PS. The number of carbonyl (C=O) groups excluding carboxylic acids is 1. The second kappa shape index (κ2) is 16.7. The van der Waals surface area contributed by atoms with E-state index in [0.29, 0.717) is 11.6 Å². The molecule has 0 saturated carbocycles. The van der Waals surface area contributed by atoms with Gasteiger partial charge in [-0.3, -0.25) is 4.52 Å². The predicted octanol–water partition coefficient (Wildman–Crippen LogP) is 5.65. The molecule has 2 aromatic heterocycles. The minimum absolute atomic E-state index is 0.0528. The van der Waals surface area contributed by atoms with Crippen LogP contribution in [0.15, 0.2) is 84.2 Å². The van der Waals surface area contributed by atoms with Crippen molar-refractivity contribution in [2.24, 2.45) is 0 Å². The first-order valence-electron chi connectivity index (χ1n) is 15.1. The fourth-order valence-electron chi connectivity index (χ4n) is 5.11. The Kier molecular flexibility index (Phi) is 12.3. The van der Waals surface area contributed by atoms with Gasteiger partial charge >= 0.3 is 13.8 Å². The van der Waals surface area contributed by atoms with E-state index in [4.69, 9.17) is 33.7 Å². The number of thioether (sulfide) groups is 1. The van der Waals surface area contributed by atoms with Gasteiger partial charge in [-0.05, 0) is 37.3 Å². The Morgan fingerprint density at radius 3 is 2.63 bits per heavy atom. The number of nitrogens with zero attached hydrogens (tertiary/aromatic N) is 4. The Morgan fingerprint density at radius 1 is 1.18 bits per heavy atom. The second-order valence-electron chi connectivity index (χ2n) is 11.1. The number of ether oxygens (including phenoxy) is 3. The van der Waals surface area contributed by atoms with Crippen LogP contribution in [0.1, 0.15) is 39.5 Å². The van der Waals surface area contributed by atoms with E-state index in [0.717, 1.165) is 30.7 Å². The van der Waals surface area contributed by atoms with Crippen LogP contribution in [-0.4, -0.2) is 60.5 Å². The Hall–Kier alpha value is -4.53. The van der Waals surface area contributed by atoms with Gasteiger partial charge in [-0.1, -0.05) is 24.3 Å². The third-order valence-corrected chi connectivity index (χ3v) is 9.52. The van der Waals surface area contributed by atoms with E-state index in [1.165, 1.54) is 47.3 Å². The highest BCUT2D eigenvalue weighted by molar-refractivity contribution is 8.00. The quantitative estimate of drug-likeness (QED) is 0.0919. The smallest absolute Gasteiger partial charge is 0.469 e. The number of carbonyl (C=O) groups is 1. The van der Waals surface area contributed by atoms with Gasteiger partial charge in [0.2, 0.25) is 0 Å². The number of esters is 1. The molecule has 13 nitrogen and oxygen atoms in total. The van der Waals surface area contributed by atoms with Crippen molar-refractivity contribution >= 4 is 31.6 Å².